The highest BCUT2D eigenvalue weighted by Crippen LogP contribution is 2.55. The molecule has 0 aromatic heterocycles. The van der Waals surface area contributed by atoms with Crippen molar-refractivity contribution in [3.8, 4) is 0 Å². The summed E-state index contributed by atoms with van der Waals surface area (Å²) >= 11 is 1.18. The molecule has 1 heterocycles. The molecule has 2 unspecified atom stereocenters. The fourth-order valence-corrected chi connectivity index (χ4v) is 6.46. The van der Waals surface area contributed by atoms with E-state index in [1.165, 1.54) is 18.5 Å². The molecule has 0 aromatic rings. The van der Waals surface area contributed by atoms with Crippen molar-refractivity contribution in [1.82, 2.24) is 5.09 Å². The topological polar surface area (TPSA) is 72.5 Å². The van der Waals surface area contributed by atoms with Gasteiger partial charge in [-0.2, -0.15) is 0 Å². The number of rotatable bonds is 5. The van der Waals surface area contributed by atoms with E-state index >= 15 is 0 Å². The largest absolute Gasteiger partial charge is 0.325 e. The van der Waals surface area contributed by atoms with Gasteiger partial charge in [0.05, 0.1) is 11.5 Å². The zero-order chi connectivity index (χ0) is 11.5. The molecule has 5 nitrogen and oxygen atoms in total. The summed E-state index contributed by atoms with van der Waals surface area (Å²) in [7, 11) is 0.116. The highest BCUT2D eigenvalue weighted by Gasteiger charge is 2.30. The predicted molar refractivity (Wildman–Crippen MR) is 62.9 cm³/mol. The Morgan fingerprint density at radius 2 is 2.27 bits per heavy atom. The minimum Gasteiger partial charge on any atom is -0.313 e. The SMILES string of the molecule is CNP(=O)(OC)SCC1CCS(=O)(=O)C1. The van der Waals surface area contributed by atoms with E-state index in [9.17, 15) is 13.0 Å². The van der Waals surface area contributed by atoms with E-state index in [1.54, 1.807) is 7.05 Å². The van der Waals surface area contributed by atoms with E-state index in [2.05, 4.69) is 5.09 Å². The lowest BCUT2D eigenvalue weighted by molar-refractivity contribution is 0.402. The van der Waals surface area contributed by atoms with Gasteiger partial charge in [-0.1, -0.05) is 11.4 Å². The molecule has 1 rings (SSSR count). The molecule has 1 N–H and O–H groups in total. The second-order valence-electron chi connectivity index (χ2n) is 3.47. The van der Waals surface area contributed by atoms with Crippen LogP contribution in [0.3, 0.4) is 0 Å². The number of hydrogen-bond acceptors (Lipinski definition) is 5. The van der Waals surface area contributed by atoms with E-state index in [1.807, 2.05) is 0 Å². The van der Waals surface area contributed by atoms with Gasteiger partial charge < -0.3 is 4.52 Å². The lowest BCUT2D eigenvalue weighted by atomic mass is 10.2. The van der Waals surface area contributed by atoms with Gasteiger partial charge in [0, 0.05) is 12.9 Å². The van der Waals surface area contributed by atoms with Gasteiger partial charge in [-0.25, -0.2) is 13.5 Å². The lowest BCUT2D eigenvalue weighted by Gasteiger charge is -2.15. The van der Waals surface area contributed by atoms with Crippen molar-refractivity contribution in [1.29, 1.82) is 0 Å². The van der Waals surface area contributed by atoms with Crippen LogP contribution in [0.5, 0.6) is 0 Å². The fourth-order valence-electron chi connectivity index (χ4n) is 1.42. The molecular weight excluding hydrogens is 257 g/mol. The van der Waals surface area contributed by atoms with Crippen LogP contribution in [0.15, 0.2) is 0 Å². The van der Waals surface area contributed by atoms with Crippen LogP contribution >= 0.6 is 18.1 Å². The zero-order valence-electron chi connectivity index (χ0n) is 8.80. The maximum Gasteiger partial charge on any atom is 0.325 e. The molecule has 0 bridgehead atoms. The summed E-state index contributed by atoms with van der Waals surface area (Å²) in [5.41, 5.74) is 0. The van der Waals surface area contributed by atoms with Crippen molar-refractivity contribution >= 4 is 27.9 Å². The third kappa shape index (κ3) is 4.07. The van der Waals surface area contributed by atoms with E-state index in [-0.39, 0.29) is 17.4 Å². The molecule has 0 aliphatic carbocycles. The minimum atomic E-state index is -2.84. The maximum atomic E-state index is 11.7. The molecule has 0 radical (unpaired) electrons. The van der Waals surface area contributed by atoms with Crippen LogP contribution in [-0.2, 0) is 18.9 Å². The number of hydrogen-bond donors (Lipinski definition) is 1. The minimum absolute atomic E-state index is 0.108. The molecule has 15 heavy (non-hydrogen) atoms. The molecule has 8 heteroatoms. The summed E-state index contributed by atoms with van der Waals surface area (Å²) in [6.45, 7) is -2.80. The first-order valence-corrected chi connectivity index (χ1v) is 9.64. The summed E-state index contributed by atoms with van der Waals surface area (Å²) in [4.78, 5) is 0. The lowest BCUT2D eigenvalue weighted by Crippen LogP contribution is -2.09. The second kappa shape index (κ2) is 5.19. The van der Waals surface area contributed by atoms with Crippen LogP contribution in [0.25, 0.3) is 0 Å². The van der Waals surface area contributed by atoms with Crippen molar-refractivity contribution in [2.45, 2.75) is 6.42 Å². The first-order chi connectivity index (χ1) is 6.91. The first kappa shape index (κ1) is 13.5. The van der Waals surface area contributed by atoms with Gasteiger partial charge >= 0.3 is 6.72 Å². The Labute approximate surface area is 94.5 Å². The smallest absolute Gasteiger partial charge is 0.313 e. The Kier molecular flexibility index (Phi) is 4.67. The summed E-state index contributed by atoms with van der Waals surface area (Å²) < 4.78 is 39.0. The Hall–Kier alpha value is 0.450. The quantitative estimate of drug-likeness (QED) is 0.757. The normalized spacial score (nSPS) is 28.8. The standard InChI is InChI=1S/C7H16NO4PS2/c1-8-13(9,12-2)14-5-7-3-4-15(10,11)6-7/h7H,3-6H2,1-2H3,(H,8,9). The highest BCUT2D eigenvalue weighted by atomic mass is 32.7. The van der Waals surface area contributed by atoms with Crippen LogP contribution < -0.4 is 5.09 Å². The van der Waals surface area contributed by atoms with Crippen molar-refractivity contribution in [2.75, 3.05) is 31.4 Å². The summed E-state index contributed by atoms with van der Waals surface area (Å²) in [6, 6.07) is 0. The zero-order valence-corrected chi connectivity index (χ0v) is 11.3. The predicted octanol–water partition coefficient (Wildman–Crippen LogP) is 1.13. The average Bonchev–Trinajstić information content (AvgIpc) is 2.55. The molecule has 2 atom stereocenters. The van der Waals surface area contributed by atoms with Gasteiger partial charge in [-0.15, -0.1) is 0 Å². The van der Waals surface area contributed by atoms with Gasteiger partial charge in [0.1, 0.15) is 0 Å². The van der Waals surface area contributed by atoms with E-state index in [0.29, 0.717) is 12.2 Å². The average molecular weight is 273 g/mol. The molecule has 0 amide bonds. The van der Waals surface area contributed by atoms with Crippen LogP contribution in [0.2, 0.25) is 0 Å². The van der Waals surface area contributed by atoms with Crippen LogP contribution in [-0.4, -0.2) is 39.8 Å². The van der Waals surface area contributed by atoms with Gasteiger partial charge in [-0.3, -0.25) is 4.57 Å². The van der Waals surface area contributed by atoms with Crippen LogP contribution in [0, 0.1) is 5.92 Å². The molecule has 0 spiro atoms. The van der Waals surface area contributed by atoms with Crippen molar-refractivity contribution in [3.05, 3.63) is 0 Å². The third-order valence-corrected chi connectivity index (χ3v) is 8.61. The van der Waals surface area contributed by atoms with Crippen molar-refractivity contribution < 1.29 is 17.5 Å². The van der Waals surface area contributed by atoms with Crippen LogP contribution in [0.4, 0.5) is 0 Å². The number of sulfone groups is 1. The van der Waals surface area contributed by atoms with Crippen LogP contribution in [0.1, 0.15) is 6.42 Å². The molecule has 0 aromatic carbocycles. The van der Waals surface area contributed by atoms with Gasteiger partial charge in [0.2, 0.25) is 0 Å². The monoisotopic (exact) mass is 273 g/mol. The number of nitrogens with one attached hydrogen (secondary N) is 1. The van der Waals surface area contributed by atoms with E-state index < -0.39 is 16.6 Å². The van der Waals surface area contributed by atoms with E-state index in [0.717, 1.165) is 0 Å². The first-order valence-electron chi connectivity index (χ1n) is 4.60. The molecule has 1 saturated heterocycles. The second-order valence-corrected chi connectivity index (χ2v) is 10.3. The Balaban J connectivity index is 2.42. The summed E-state index contributed by atoms with van der Waals surface area (Å²) in [5.74, 6) is 1.14. The highest BCUT2D eigenvalue weighted by molar-refractivity contribution is 8.56. The molecule has 0 saturated carbocycles. The van der Waals surface area contributed by atoms with Gasteiger partial charge in [0.15, 0.2) is 9.84 Å². The molecule has 1 aliphatic rings. The van der Waals surface area contributed by atoms with Crippen molar-refractivity contribution in [3.63, 3.8) is 0 Å². The molecule has 1 fully saturated rings. The fraction of sp³-hybridized carbons (Fsp3) is 1.00. The van der Waals surface area contributed by atoms with Crippen molar-refractivity contribution in [2.24, 2.45) is 5.92 Å². The Morgan fingerprint density at radius 1 is 1.60 bits per heavy atom. The molecule has 1 aliphatic heterocycles. The Morgan fingerprint density at radius 3 is 2.67 bits per heavy atom. The third-order valence-electron chi connectivity index (χ3n) is 2.32. The van der Waals surface area contributed by atoms with Gasteiger partial charge in [-0.05, 0) is 19.4 Å². The van der Waals surface area contributed by atoms with Gasteiger partial charge in [0.25, 0.3) is 0 Å². The summed E-state index contributed by atoms with van der Waals surface area (Å²) in [6.07, 6.45) is 0.669. The summed E-state index contributed by atoms with van der Waals surface area (Å²) in [5, 5.41) is 2.62. The maximum absolute atomic E-state index is 11.7. The Bertz CT molecular complexity index is 348. The molecular formula is C7H16NO4PS2. The molecule has 90 valence electrons. The van der Waals surface area contributed by atoms with E-state index in [4.69, 9.17) is 4.52 Å².